The number of rotatable bonds is 5. The summed E-state index contributed by atoms with van der Waals surface area (Å²) in [5.74, 6) is -0.700. The summed E-state index contributed by atoms with van der Waals surface area (Å²) in [5.41, 5.74) is 4.21. The molecule has 1 amide bonds. The van der Waals surface area contributed by atoms with Gasteiger partial charge in [-0.1, -0.05) is 6.07 Å². The van der Waals surface area contributed by atoms with Gasteiger partial charge in [-0.2, -0.15) is 4.31 Å². The van der Waals surface area contributed by atoms with Crippen molar-refractivity contribution in [3.05, 3.63) is 51.8 Å². The molecule has 0 unspecified atom stereocenters. The molecular formula is C24H31N3O5S. The van der Waals surface area contributed by atoms with Crippen LogP contribution in [0, 0.1) is 13.8 Å². The number of hydrogen-bond donors (Lipinski definition) is 1. The average Bonchev–Trinajstić information content (AvgIpc) is 3.36. The van der Waals surface area contributed by atoms with E-state index in [-0.39, 0.29) is 38.2 Å². The summed E-state index contributed by atoms with van der Waals surface area (Å²) in [5, 5.41) is 0. The van der Waals surface area contributed by atoms with E-state index in [9.17, 15) is 18.0 Å². The van der Waals surface area contributed by atoms with Gasteiger partial charge in [0, 0.05) is 31.9 Å². The summed E-state index contributed by atoms with van der Waals surface area (Å²) in [6.07, 6.45) is 2.73. The largest absolute Gasteiger partial charge is 0.459 e. The molecule has 4 rings (SSSR count). The number of carbonyl (C=O) groups excluding carboxylic acids is 2. The maximum absolute atomic E-state index is 13.2. The Balaban J connectivity index is 1.46. The Bertz CT molecular complexity index is 1190. The van der Waals surface area contributed by atoms with Crippen molar-refractivity contribution in [2.24, 2.45) is 0 Å². The topological polar surface area (TPSA) is 99.8 Å². The fourth-order valence-electron chi connectivity index (χ4n) is 4.69. The van der Waals surface area contributed by atoms with Crippen LogP contribution in [0.1, 0.15) is 63.5 Å². The molecule has 0 atom stereocenters. The maximum Gasteiger partial charge on any atom is 0.340 e. The number of carbonyl (C=O) groups is 2. The number of aromatic amines is 1. The van der Waals surface area contributed by atoms with Gasteiger partial charge in [0.15, 0.2) is 0 Å². The molecule has 1 aliphatic heterocycles. The van der Waals surface area contributed by atoms with E-state index in [1.807, 2.05) is 6.07 Å². The van der Waals surface area contributed by atoms with Gasteiger partial charge in [0.2, 0.25) is 10.0 Å². The summed E-state index contributed by atoms with van der Waals surface area (Å²) >= 11 is 0. The normalized spacial score (nSPS) is 16.8. The van der Waals surface area contributed by atoms with Gasteiger partial charge in [-0.25, -0.2) is 13.2 Å². The number of amides is 1. The molecule has 0 bridgehead atoms. The number of nitrogens with zero attached hydrogens (tertiary/aromatic N) is 2. The van der Waals surface area contributed by atoms with Gasteiger partial charge in [-0.15, -0.1) is 0 Å². The van der Waals surface area contributed by atoms with Crippen LogP contribution in [-0.2, 0) is 27.6 Å². The first-order valence-electron chi connectivity index (χ1n) is 11.4. The first-order valence-corrected chi connectivity index (χ1v) is 12.8. The van der Waals surface area contributed by atoms with E-state index in [1.54, 1.807) is 44.7 Å². The molecule has 0 saturated carbocycles. The fourth-order valence-corrected chi connectivity index (χ4v) is 6.16. The summed E-state index contributed by atoms with van der Waals surface area (Å²) in [6.45, 7) is 8.04. The molecule has 1 fully saturated rings. The van der Waals surface area contributed by atoms with E-state index in [0.29, 0.717) is 27.4 Å². The SMILES string of the molecule is Cc1[nH]c(C(=O)N2CCN(S(=O)(=O)c3ccc4c(c3)CCC4)CC2)c(C)c1C(=O)OC(C)C. The van der Waals surface area contributed by atoms with Crippen molar-refractivity contribution in [2.75, 3.05) is 26.2 Å². The van der Waals surface area contributed by atoms with Gasteiger partial charge in [0.25, 0.3) is 5.91 Å². The van der Waals surface area contributed by atoms with E-state index in [2.05, 4.69) is 4.98 Å². The minimum atomic E-state index is -3.60. The van der Waals surface area contributed by atoms with Crippen molar-refractivity contribution in [3.8, 4) is 0 Å². The monoisotopic (exact) mass is 473 g/mol. The second kappa shape index (κ2) is 8.95. The van der Waals surface area contributed by atoms with Gasteiger partial charge in [0.05, 0.1) is 16.6 Å². The van der Waals surface area contributed by atoms with Gasteiger partial charge in [0.1, 0.15) is 5.69 Å². The zero-order chi connectivity index (χ0) is 23.9. The zero-order valence-electron chi connectivity index (χ0n) is 19.6. The maximum atomic E-state index is 13.2. The lowest BCUT2D eigenvalue weighted by Crippen LogP contribution is -2.50. The van der Waals surface area contributed by atoms with Crippen LogP contribution in [0.25, 0.3) is 0 Å². The molecule has 1 saturated heterocycles. The number of ether oxygens (including phenoxy) is 1. The third-order valence-electron chi connectivity index (χ3n) is 6.43. The predicted octanol–water partition coefficient (Wildman–Crippen LogP) is 2.83. The minimum Gasteiger partial charge on any atom is -0.459 e. The van der Waals surface area contributed by atoms with Crippen molar-refractivity contribution >= 4 is 21.9 Å². The molecule has 33 heavy (non-hydrogen) atoms. The summed E-state index contributed by atoms with van der Waals surface area (Å²) < 4.78 is 33.1. The van der Waals surface area contributed by atoms with E-state index < -0.39 is 16.0 Å². The standard InChI is InChI=1S/C24H31N3O5S/c1-15(2)32-24(29)21-16(3)22(25-17(21)4)23(28)26-10-12-27(13-11-26)33(30,31)20-9-8-18-6-5-7-19(18)14-20/h8-9,14-15,25H,5-7,10-13H2,1-4H3. The number of benzene rings is 1. The number of aryl methyl sites for hydroxylation is 3. The minimum absolute atomic E-state index is 0.228. The van der Waals surface area contributed by atoms with Crippen LogP contribution >= 0.6 is 0 Å². The quantitative estimate of drug-likeness (QED) is 0.673. The molecule has 0 radical (unpaired) electrons. The highest BCUT2D eigenvalue weighted by Crippen LogP contribution is 2.27. The lowest BCUT2D eigenvalue weighted by Gasteiger charge is -2.34. The second-order valence-electron chi connectivity index (χ2n) is 9.06. The molecule has 2 aliphatic rings. The van der Waals surface area contributed by atoms with Gasteiger partial charge >= 0.3 is 5.97 Å². The number of nitrogens with one attached hydrogen (secondary N) is 1. The van der Waals surface area contributed by atoms with E-state index in [0.717, 1.165) is 24.8 Å². The van der Waals surface area contributed by atoms with Crippen molar-refractivity contribution in [1.29, 1.82) is 0 Å². The van der Waals surface area contributed by atoms with Crippen LogP contribution in [0.3, 0.4) is 0 Å². The summed E-state index contributed by atoms with van der Waals surface area (Å²) in [4.78, 5) is 30.6. The van der Waals surface area contributed by atoms with Crippen molar-refractivity contribution in [1.82, 2.24) is 14.2 Å². The van der Waals surface area contributed by atoms with E-state index in [1.165, 1.54) is 9.87 Å². The van der Waals surface area contributed by atoms with Crippen LogP contribution < -0.4 is 0 Å². The number of esters is 1. The van der Waals surface area contributed by atoms with E-state index in [4.69, 9.17) is 4.74 Å². The summed E-state index contributed by atoms with van der Waals surface area (Å²) in [6, 6.07) is 5.42. The molecule has 1 aromatic carbocycles. The molecule has 1 aromatic heterocycles. The highest BCUT2D eigenvalue weighted by atomic mass is 32.2. The fraction of sp³-hybridized carbons (Fsp3) is 0.500. The van der Waals surface area contributed by atoms with E-state index >= 15 is 0 Å². The molecule has 2 aromatic rings. The number of hydrogen-bond acceptors (Lipinski definition) is 5. The van der Waals surface area contributed by atoms with Crippen LogP contribution in [0.5, 0.6) is 0 Å². The Morgan fingerprint density at radius 1 is 1.03 bits per heavy atom. The van der Waals surface area contributed by atoms with Gasteiger partial charge < -0.3 is 14.6 Å². The first kappa shape index (κ1) is 23.5. The summed E-state index contributed by atoms with van der Waals surface area (Å²) in [7, 11) is -3.60. The zero-order valence-corrected chi connectivity index (χ0v) is 20.4. The number of aromatic nitrogens is 1. The lowest BCUT2D eigenvalue weighted by atomic mass is 10.1. The molecule has 9 heteroatoms. The van der Waals surface area contributed by atoms with Crippen molar-refractivity contribution < 1.29 is 22.7 Å². The third kappa shape index (κ3) is 4.44. The number of sulfonamides is 1. The molecule has 1 aliphatic carbocycles. The Kier molecular flexibility index (Phi) is 6.37. The molecule has 0 spiro atoms. The van der Waals surface area contributed by atoms with Crippen LogP contribution in [0.2, 0.25) is 0 Å². The number of fused-ring (bicyclic) bond motifs is 1. The van der Waals surface area contributed by atoms with Gasteiger partial charge in [-0.05, 0) is 75.8 Å². The number of piperazine rings is 1. The molecule has 1 N–H and O–H groups in total. The van der Waals surface area contributed by atoms with Crippen LogP contribution in [0.4, 0.5) is 0 Å². The van der Waals surface area contributed by atoms with Gasteiger partial charge in [-0.3, -0.25) is 4.79 Å². The Hall–Kier alpha value is -2.65. The first-order chi connectivity index (χ1) is 15.6. The predicted molar refractivity (Wildman–Crippen MR) is 124 cm³/mol. The van der Waals surface area contributed by atoms with Crippen LogP contribution in [0.15, 0.2) is 23.1 Å². The third-order valence-corrected chi connectivity index (χ3v) is 8.33. The Labute approximate surface area is 195 Å². The highest BCUT2D eigenvalue weighted by molar-refractivity contribution is 7.89. The van der Waals surface area contributed by atoms with Crippen LogP contribution in [-0.4, -0.2) is 66.8 Å². The molecular weight excluding hydrogens is 442 g/mol. The van der Waals surface area contributed by atoms with Crippen molar-refractivity contribution in [2.45, 2.75) is 58.0 Å². The van der Waals surface area contributed by atoms with Crippen molar-refractivity contribution in [3.63, 3.8) is 0 Å². The smallest absolute Gasteiger partial charge is 0.340 e. The second-order valence-corrected chi connectivity index (χ2v) is 11.0. The average molecular weight is 474 g/mol. The Morgan fingerprint density at radius 2 is 1.70 bits per heavy atom. The molecule has 2 heterocycles. The molecule has 8 nitrogen and oxygen atoms in total. The lowest BCUT2D eigenvalue weighted by molar-refractivity contribution is 0.0376. The Morgan fingerprint density at radius 3 is 2.36 bits per heavy atom. The highest BCUT2D eigenvalue weighted by Gasteiger charge is 2.33. The molecule has 178 valence electrons. The number of H-pyrrole nitrogens is 1.